The van der Waals surface area contributed by atoms with Crippen LogP contribution in [0.25, 0.3) is 0 Å². The Kier molecular flexibility index (Phi) is 6.70. The van der Waals surface area contributed by atoms with Crippen LogP contribution in [0.15, 0.2) is 48.5 Å². The van der Waals surface area contributed by atoms with Gasteiger partial charge in [-0.2, -0.15) is 0 Å². The van der Waals surface area contributed by atoms with Gasteiger partial charge in [0, 0.05) is 28.6 Å². The summed E-state index contributed by atoms with van der Waals surface area (Å²) in [4.78, 5) is 23.5. The van der Waals surface area contributed by atoms with Crippen LogP contribution in [0.2, 0.25) is 5.02 Å². The van der Waals surface area contributed by atoms with E-state index in [1.54, 1.807) is 31.3 Å². The molecule has 0 aliphatic rings. The lowest BCUT2D eigenvalue weighted by molar-refractivity contribution is -0.113. The number of benzene rings is 2. The Morgan fingerprint density at radius 2 is 1.79 bits per heavy atom. The Bertz CT molecular complexity index is 719. The average molecular weight is 363 g/mol. The second-order valence-corrected chi connectivity index (χ2v) is 6.92. The number of nitrogens with one attached hydrogen (secondary N) is 2. The van der Waals surface area contributed by atoms with Crippen LogP contribution in [0.4, 0.5) is 5.69 Å². The highest BCUT2D eigenvalue weighted by Crippen LogP contribution is 2.32. The van der Waals surface area contributed by atoms with Crippen LogP contribution in [0, 0.1) is 0 Å². The highest BCUT2D eigenvalue weighted by Gasteiger charge is 2.12. The summed E-state index contributed by atoms with van der Waals surface area (Å²) in [6.45, 7) is 2.03. The number of hydrogen-bond donors (Lipinski definition) is 2. The smallest absolute Gasteiger partial charge is 0.251 e. The fraction of sp³-hybridized carbons (Fsp3) is 0.222. The molecule has 2 aromatic rings. The van der Waals surface area contributed by atoms with Gasteiger partial charge >= 0.3 is 0 Å². The van der Waals surface area contributed by atoms with Gasteiger partial charge in [-0.25, -0.2) is 0 Å². The minimum Gasteiger partial charge on any atom is -0.355 e. The SMILES string of the molecule is CNC(=O)c1ccc(NC(=O)CS[C@H](C)c2ccccc2Cl)cc1. The monoisotopic (exact) mass is 362 g/mol. The molecule has 0 aliphatic carbocycles. The number of thioether (sulfide) groups is 1. The molecule has 0 saturated carbocycles. The van der Waals surface area contributed by atoms with E-state index in [2.05, 4.69) is 10.6 Å². The molecular weight excluding hydrogens is 344 g/mol. The number of amides is 2. The Balaban J connectivity index is 1.87. The second kappa shape index (κ2) is 8.76. The lowest BCUT2D eigenvalue weighted by Gasteiger charge is -2.13. The number of rotatable bonds is 6. The molecule has 0 unspecified atom stereocenters. The van der Waals surface area contributed by atoms with Crippen LogP contribution in [-0.4, -0.2) is 24.6 Å². The molecule has 126 valence electrons. The first-order valence-corrected chi connectivity index (χ1v) is 8.92. The van der Waals surface area contributed by atoms with Crippen LogP contribution in [0.1, 0.15) is 28.1 Å². The summed E-state index contributed by atoms with van der Waals surface area (Å²) in [6, 6.07) is 14.4. The van der Waals surface area contributed by atoms with Gasteiger partial charge in [0.2, 0.25) is 5.91 Å². The van der Waals surface area contributed by atoms with E-state index in [1.807, 2.05) is 31.2 Å². The molecule has 0 aromatic heterocycles. The molecule has 2 aromatic carbocycles. The van der Waals surface area contributed by atoms with E-state index in [-0.39, 0.29) is 17.1 Å². The summed E-state index contributed by atoms with van der Waals surface area (Å²) in [7, 11) is 1.58. The van der Waals surface area contributed by atoms with Crippen LogP contribution in [0.3, 0.4) is 0 Å². The lowest BCUT2D eigenvalue weighted by atomic mass is 10.2. The Morgan fingerprint density at radius 3 is 2.42 bits per heavy atom. The van der Waals surface area contributed by atoms with E-state index >= 15 is 0 Å². The molecule has 0 aliphatic heterocycles. The van der Waals surface area contributed by atoms with Crippen molar-refractivity contribution in [3.8, 4) is 0 Å². The molecule has 24 heavy (non-hydrogen) atoms. The number of anilines is 1. The number of carbonyl (C=O) groups excluding carboxylic acids is 2. The summed E-state index contributed by atoms with van der Waals surface area (Å²) in [5.41, 5.74) is 2.24. The lowest BCUT2D eigenvalue weighted by Crippen LogP contribution is -2.18. The maximum absolute atomic E-state index is 12.1. The van der Waals surface area contributed by atoms with Gasteiger partial charge in [0.15, 0.2) is 0 Å². The highest BCUT2D eigenvalue weighted by atomic mass is 35.5. The first-order valence-electron chi connectivity index (χ1n) is 7.49. The van der Waals surface area contributed by atoms with Crippen molar-refractivity contribution < 1.29 is 9.59 Å². The topological polar surface area (TPSA) is 58.2 Å². The summed E-state index contributed by atoms with van der Waals surface area (Å²) in [6.07, 6.45) is 0. The third-order valence-corrected chi connectivity index (χ3v) is 4.99. The van der Waals surface area contributed by atoms with E-state index in [9.17, 15) is 9.59 Å². The van der Waals surface area contributed by atoms with Gasteiger partial charge < -0.3 is 10.6 Å². The first kappa shape index (κ1) is 18.4. The number of halogens is 1. The molecule has 0 bridgehead atoms. The molecular formula is C18H19ClN2O2S. The molecule has 4 nitrogen and oxygen atoms in total. The van der Waals surface area contributed by atoms with Crippen LogP contribution in [0.5, 0.6) is 0 Å². The summed E-state index contributed by atoms with van der Waals surface area (Å²) >= 11 is 7.69. The molecule has 0 radical (unpaired) electrons. The Labute approximate surface area is 151 Å². The Morgan fingerprint density at radius 1 is 1.12 bits per heavy atom. The molecule has 0 spiro atoms. The van der Waals surface area contributed by atoms with Crippen molar-refractivity contribution in [2.75, 3.05) is 18.1 Å². The molecule has 1 atom stereocenters. The van der Waals surface area contributed by atoms with Crippen molar-refractivity contribution >= 4 is 40.9 Å². The molecule has 2 N–H and O–H groups in total. The third kappa shape index (κ3) is 5.01. The van der Waals surface area contributed by atoms with E-state index in [1.165, 1.54) is 11.8 Å². The number of carbonyl (C=O) groups is 2. The number of hydrogen-bond acceptors (Lipinski definition) is 3. The van der Waals surface area contributed by atoms with Crippen molar-refractivity contribution in [1.82, 2.24) is 5.32 Å². The van der Waals surface area contributed by atoms with Gasteiger partial charge in [-0.05, 0) is 42.8 Å². The molecule has 6 heteroatoms. The van der Waals surface area contributed by atoms with Gasteiger partial charge in [-0.15, -0.1) is 11.8 Å². The molecule has 0 heterocycles. The Hall–Kier alpha value is -1.98. The van der Waals surface area contributed by atoms with Gasteiger partial charge in [-0.3, -0.25) is 9.59 Å². The standard InChI is InChI=1S/C18H19ClN2O2S/c1-12(15-5-3-4-6-16(15)19)24-11-17(22)21-14-9-7-13(8-10-14)18(23)20-2/h3-10,12H,11H2,1-2H3,(H,20,23)(H,21,22)/t12-/m1/s1. The predicted molar refractivity (Wildman–Crippen MR) is 101 cm³/mol. The molecule has 2 amide bonds. The van der Waals surface area contributed by atoms with Crippen molar-refractivity contribution in [2.24, 2.45) is 0 Å². The zero-order chi connectivity index (χ0) is 17.5. The first-order chi connectivity index (χ1) is 11.5. The molecule has 0 saturated heterocycles. The largest absolute Gasteiger partial charge is 0.355 e. The maximum Gasteiger partial charge on any atom is 0.251 e. The van der Waals surface area contributed by atoms with E-state index in [0.717, 1.165) is 5.56 Å². The van der Waals surface area contributed by atoms with Crippen LogP contribution >= 0.6 is 23.4 Å². The van der Waals surface area contributed by atoms with Crippen LogP contribution in [-0.2, 0) is 4.79 Å². The zero-order valence-corrected chi connectivity index (χ0v) is 15.1. The van der Waals surface area contributed by atoms with Crippen molar-refractivity contribution in [3.63, 3.8) is 0 Å². The summed E-state index contributed by atoms with van der Waals surface area (Å²) in [5, 5.41) is 6.21. The normalized spacial score (nSPS) is 11.6. The zero-order valence-electron chi connectivity index (χ0n) is 13.5. The van der Waals surface area contributed by atoms with Crippen molar-refractivity contribution in [2.45, 2.75) is 12.2 Å². The van der Waals surface area contributed by atoms with E-state index < -0.39 is 0 Å². The average Bonchev–Trinajstić information content (AvgIpc) is 2.60. The van der Waals surface area contributed by atoms with Gasteiger partial charge in [0.1, 0.15) is 0 Å². The fourth-order valence-corrected chi connectivity index (χ4v) is 3.36. The quantitative estimate of drug-likeness (QED) is 0.812. The summed E-state index contributed by atoms with van der Waals surface area (Å²) in [5.74, 6) is 0.0763. The van der Waals surface area contributed by atoms with E-state index in [4.69, 9.17) is 11.6 Å². The minimum atomic E-state index is -0.156. The molecule has 2 rings (SSSR count). The van der Waals surface area contributed by atoms with E-state index in [0.29, 0.717) is 22.0 Å². The van der Waals surface area contributed by atoms with Crippen LogP contribution < -0.4 is 10.6 Å². The van der Waals surface area contributed by atoms with Gasteiger partial charge in [0.05, 0.1) is 5.75 Å². The predicted octanol–water partition coefficient (Wildman–Crippen LogP) is 4.13. The summed E-state index contributed by atoms with van der Waals surface area (Å²) < 4.78 is 0. The second-order valence-electron chi connectivity index (χ2n) is 5.18. The molecule has 0 fully saturated rings. The van der Waals surface area contributed by atoms with Gasteiger partial charge in [-0.1, -0.05) is 29.8 Å². The highest BCUT2D eigenvalue weighted by molar-refractivity contribution is 8.00. The maximum atomic E-state index is 12.1. The van der Waals surface area contributed by atoms with Gasteiger partial charge in [0.25, 0.3) is 5.91 Å². The third-order valence-electron chi connectivity index (χ3n) is 3.47. The van der Waals surface area contributed by atoms with Crippen molar-refractivity contribution in [3.05, 3.63) is 64.7 Å². The minimum absolute atomic E-state index is 0.0911. The fourth-order valence-electron chi connectivity index (χ4n) is 2.14. The van der Waals surface area contributed by atoms with Crippen molar-refractivity contribution in [1.29, 1.82) is 0 Å².